The van der Waals surface area contributed by atoms with Crippen molar-refractivity contribution in [1.29, 1.82) is 0 Å². The van der Waals surface area contributed by atoms with E-state index in [0.717, 1.165) is 54.4 Å². The van der Waals surface area contributed by atoms with E-state index >= 15 is 0 Å². The predicted molar refractivity (Wildman–Crippen MR) is 115 cm³/mol. The van der Waals surface area contributed by atoms with E-state index in [1.165, 1.54) is 5.69 Å². The maximum Gasteiger partial charge on any atom is 0.180 e. The Morgan fingerprint density at radius 2 is 1.83 bits per heavy atom. The molecule has 0 atom stereocenters. The van der Waals surface area contributed by atoms with Gasteiger partial charge in [-0.2, -0.15) is 5.10 Å². The number of piperazine rings is 1. The number of nitrogens with one attached hydrogen (secondary N) is 1. The van der Waals surface area contributed by atoms with Crippen LogP contribution in [0, 0.1) is 6.92 Å². The number of likely N-dealkylation sites (N-methyl/N-ethyl adjacent to an activating group) is 1. The van der Waals surface area contributed by atoms with E-state index in [4.69, 9.17) is 10.7 Å². The van der Waals surface area contributed by atoms with Gasteiger partial charge >= 0.3 is 0 Å². The maximum atomic E-state index is 6.23. The van der Waals surface area contributed by atoms with E-state index in [9.17, 15) is 0 Å². The average molecular weight is 388 g/mol. The predicted octanol–water partition coefficient (Wildman–Crippen LogP) is 2.43. The Labute approximate surface area is 169 Å². The number of hydrogen-bond donors (Lipinski definition) is 2. The third kappa shape index (κ3) is 3.01. The van der Waals surface area contributed by atoms with Gasteiger partial charge < -0.3 is 15.5 Å². The number of benzene rings is 1. The number of imidazole rings is 1. The first-order valence-corrected chi connectivity index (χ1v) is 9.78. The standard InChI is InChI=1S/C21H24N8/c1-14-17(13-24-26-14)19-18(25-20(22)21-23-7-8-29(19)21)15-3-5-16(6-4-15)28-11-9-27(2)10-12-28/h3-8,13H,9-12H2,1-2H3,(H2,22,25)(H,24,26). The van der Waals surface area contributed by atoms with Crippen LogP contribution >= 0.6 is 0 Å². The highest BCUT2D eigenvalue weighted by Gasteiger charge is 2.20. The van der Waals surface area contributed by atoms with Crippen LogP contribution in [0.4, 0.5) is 11.5 Å². The fourth-order valence-corrected chi connectivity index (χ4v) is 3.95. The molecule has 1 saturated heterocycles. The average Bonchev–Trinajstić information content (AvgIpc) is 3.39. The SMILES string of the molecule is Cc1[nH]ncc1-c1c(-c2ccc(N3CCN(C)CC3)cc2)nc(N)c2nccn12. The molecule has 1 aliphatic rings. The highest BCUT2D eigenvalue weighted by molar-refractivity contribution is 5.84. The van der Waals surface area contributed by atoms with E-state index in [0.29, 0.717) is 11.5 Å². The maximum absolute atomic E-state index is 6.23. The summed E-state index contributed by atoms with van der Waals surface area (Å²) in [4.78, 5) is 13.9. The van der Waals surface area contributed by atoms with Crippen LogP contribution in [0.2, 0.25) is 0 Å². The van der Waals surface area contributed by atoms with Gasteiger partial charge in [-0.15, -0.1) is 0 Å². The molecular formula is C21H24N8. The highest BCUT2D eigenvalue weighted by atomic mass is 15.2. The van der Waals surface area contributed by atoms with Crippen LogP contribution in [0.3, 0.4) is 0 Å². The molecule has 0 unspecified atom stereocenters. The molecule has 3 aromatic heterocycles. The van der Waals surface area contributed by atoms with E-state index in [2.05, 4.69) is 56.3 Å². The molecule has 1 aromatic carbocycles. The first-order chi connectivity index (χ1) is 14.1. The van der Waals surface area contributed by atoms with Crippen LogP contribution in [0.15, 0.2) is 42.9 Å². The summed E-state index contributed by atoms with van der Waals surface area (Å²) in [5.74, 6) is 0.415. The fraction of sp³-hybridized carbons (Fsp3) is 0.286. The van der Waals surface area contributed by atoms with Crippen LogP contribution < -0.4 is 10.6 Å². The van der Waals surface area contributed by atoms with Gasteiger partial charge in [0.25, 0.3) is 0 Å². The van der Waals surface area contributed by atoms with Crippen molar-refractivity contribution in [2.24, 2.45) is 0 Å². The molecule has 8 nitrogen and oxygen atoms in total. The van der Waals surface area contributed by atoms with Crippen molar-refractivity contribution in [1.82, 2.24) is 29.5 Å². The molecule has 0 radical (unpaired) electrons. The smallest absolute Gasteiger partial charge is 0.180 e. The number of rotatable bonds is 3. The van der Waals surface area contributed by atoms with Crippen LogP contribution in [-0.4, -0.2) is 62.7 Å². The summed E-state index contributed by atoms with van der Waals surface area (Å²) in [6.45, 7) is 6.26. The van der Waals surface area contributed by atoms with Crippen molar-refractivity contribution in [3.8, 4) is 22.5 Å². The second-order valence-electron chi connectivity index (χ2n) is 7.56. The molecule has 5 rings (SSSR count). The minimum atomic E-state index is 0.415. The molecule has 29 heavy (non-hydrogen) atoms. The molecule has 0 aliphatic carbocycles. The number of aryl methyl sites for hydroxylation is 1. The number of H-pyrrole nitrogens is 1. The van der Waals surface area contributed by atoms with Crippen molar-refractivity contribution in [2.45, 2.75) is 6.92 Å². The first-order valence-electron chi connectivity index (χ1n) is 9.78. The molecular weight excluding hydrogens is 364 g/mol. The van der Waals surface area contributed by atoms with Gasteiger partial charge in [0.05, 0.1) is 17.6 Å². The zero-order valence-electron chi connectivity index (χ0n) is 16.6. The Hall–Kier alpha value is -3.39. The van der Waals surface area contributed by atoms with Gasteiger partial charge in [-0.3, -0.25) is 9.50 Å². The summed E-state index contributed by atoms with van der Waals surface area (Å²) >= 11 is 0. The second-order valence-corrected chi connectivity index (χ2v) is 7.56. The molecule has 0 amide bonds. The zero-order chi connectivity index (χ0) is 20.0. The molecule has 1 aliphatic heterocycles. The topological polar surface area (TPSA) is 91.4 Å². The Morgan fingerprint density at radius 3 is 2.52 bits per heavy atom. The second kappa shape index (κ2) is 6.89. The minimum Gasteiger partial charge on any atom is -0.381 e. The number of hydrogen-bond acceptors (Lipinski definition) is 6. The van der Waals surface area contributed by atoms with Crippen LogP contribution in [0.1, 0.15) is 5.69 Å². The lowest BCUT2D eigenvalue weighted by molar-refractivity contribution is 0.313. The van der Waals surface area contributed by atoms with Crippen molar-refractivity contribution in [3.63, 3.8) is 0 Å². The summed E-state index contributed by atoms with van der Waals surface area (Å²) < 4.78 is 1.99. The summed E-state index contributed by atoms with van der Waals surface area (Å²) in [6, 6.07) is 8.58. The Balaban J connectivity index is 1.61. The number of nitrogen functional groups attached to an aromatic ring is 1. The number of nitrogens with zero attached hydrogens (tertiary/aromatic N) is 6. The number of aromatic nitrogens is 5. The highest BCUT2D eigenvalue weighted by Crippen LogP contribution is 2.34. The van der Waals surface area contributed by atoms with Gasteiger partial charge in [-0.25, -0.2) is 9.97 Å². The summed E-state index contributed by atoms with van der Waals surface area (Å²) in [5.41, 5.74) is 12.8. The van der Waals surface area contributed by atoms with Gasteiger partial charge in [0.15, 0.2) is 11.5 Å². The van der Waals surface area contributed by atoms with Gasteiger partial charge in [-0.05, 0) is 26.1 Å². The minimum absolute atomic E-state index is 0.415. The van der Waals surface area contributed by atoms with E-state index < -0.39 is 0 Å². The van der Waals surface area contributed by atoms with Gasteiger partial charge in [0, 0.05) is 61.1 Å². The summed E-state index contributed by atoms with van der Waals surface area (Å²) in [6.07, 6.45) is 5.48. The largest absolute Gasteiger partial charge is 0.381 e. The molecule has 0 spiro atoms. The lowest BCUT2D eigenvalue weighted by Gasteiger charge is -2.34. The zero-order valence-corrected chi connectivity index (χ0v) is 16.6. The summed E-state index contributed by atoms with van der Waals surface area (Å²) in [7, 11) is 2.17. The number of nitrogens with two attached hydrogens (primary N) is 1. The molecule has 1 fully saturated rings. The quantitative estimate of drug-likeness (QED) is 0.560. The van der Waals surface area contributed by atoms with E-state index in [1.807, 2.05) is 23.7 Å². The Bertz CT molecular complexity index is 1150. The molecule has 0 bridgehead atoms. The third-order valence-corrected chi connectivity index (χ3v) is 5.66. The number of anilines is 2. The fourth-order valence-electron chi connectivity index (χ4n) is 3.95. The first kappa shape index (κ1) is 17.7. The monoisotopic (exact) mass is 388 g/mol. The molecule has 148 valence electrons. The molecule has 0 saturated carbocycles. The lowest BCUT2D eigenvalue weighted by Crippen LogP contribution is -2.44. The van der Waals surface area contributed by atoms with Gasteiger partial charge in [0.1, 0.15) is 0 Å². The van der Waals surface area contributed by atoms with Crippen LogP contribution in [0.25, 0.3) is 28.2 Å². The van der Waals surface area contributed by atoms with Gasteiger partial charge in [-0.1, -0.05) is 12.1 Å². The Morgan fingerprint density at radius 1 is 1.07 bits per heavy atom. The normalized spacial score (nSPS) is 15.3. The van der Waals surface area contributed by atoms with Crippen molar-refractivity contribution < 1.29 is 0 Å². The molecule has 4 aromatic rings. The number of aromatic amines is 1. The van der Waals surface area contributed by atoms with Crippen molar-refractivity contribution in [2.75, 3.05) is 43.9 Å². The van der Waals surface area contributed by atoms with Crippen molar-refractivity contribution in [3.05, 3.63) is 48.5 Å². The number of fused-ring (bicyclic) bond motifs is 1. The van der Waals surface area contributed by atoms with E-state index in [-0.39, 0.29) is 0 Å². The third-order valence-electron chi connectivity index (χ3n) is 5.66. The molecule has 8 heteroatoms. The van der Waals surface area contributed by atoms with Crippen LogP contribution in [0.5, 0.6) is 0 Å². The summed E-state index contributed by atoms with van der Waals surface area (Å²) in [5, 5.41) is 7.22. The molecule has 3 N–H and O–H groups in total. The van der Waals surface area contributed by atoms with E-state index in [1.54, 1.807) is 6.20 Å². The van der Waals surface area contributed by atoms with Gasteiger partial charge in [0.2, 0.25) is 0 Å². The van der Waals surface area contributed by atoms with Crippen LogP contribution in [-0.2, 0) is 0 Å². The van der Waals surface area contributed by atoms with Crippen molar-refractivity contribution >= 4 is 17.2 Å². The lowest BCUT2D eigenvalue weighted by atomic mass is 10.0. The molecule has 4 heterocycles. The Kier molecular flexibility index (Phi) is 4.21.